The Kier molecular flexibility index (Phi) is 64.9. The van der Waals surface area contributed by atoms with Crippen molar-refractivity contribution < 1.29 is 122 Å². The highest BCUT2D eigenvalue weighted by molar-refractivity contribution is 7.47. The normalized spacial score (nSPS) is 25.1. The topological polar surface area (TPSA) is 380 Å². The van der Waals surface area contributed by atoms with Gasteiger partial charge >= 0.3 is 31.7 Å². The highest BCUT2D eigenvalue weighted by atomic mass is 31.2. The lowest BCUT2D eigenvalue weighted by atomic mass is 9.84. The van der Waals surface area contributed by atoms with Crippen molar-refractivity contribution in [2.45, 2.75) is 504 Å². The predicted octanol–water partition coefficient (Wildman–Crippen LogP) is 17.3. The van der Waals surface area contributed by atoms with Gasteiger partial charge in [0.15, 0.2) is 24.8 Å². The number of hydrogen-bond donors (Lipinski definition) is 10. The van der Waals surface area contributed by atoms with Crippen molar-refractivity contribution in [1.82, 2.24) is 0 Å². The fourth-order valence-corrected chi connectivity index (χ4v) is 16.4. The Morgan fingerprint density at radius 3 is 1.03 bits per heavy atom. The second kappa shape index (κ2) is 70.3. The molecule has 2 heterocycles. The van der Waals surface area contributed by atoms with E-state index >= 15 is 0 Å². The minimum atomic E-state index is -5.81. The van der Waals surface area contributed by atoms with Crippen LogP contribution in [0.5, 0.6) is 0 Å². The first-order chi connectivity index (χ1) is 56.7. The van der Waals surface area contributed by atoms with E-state index in [-0.39, 0.29) is 25.7 Å². The van der Waals surface area contributed by atoms with Gasteiger partial charge in [-0.3, -0.25) is 28.2 Å². The summed E-state index contributed by atoms with van der Waals surface area (Å²) in [5, 5.41) is 102. The maximum atomic E-state index is 14.9. The van der Waals surface area contributed by atoms with Crippen LogP contribution < -0.4 is 0 Å². The first-order valence-electron chi connectivity index (χ1n) is 47.1. The molecule has 0 aromatic carbocycles. The maximum Gasteiger partial charge on any atom is 0.472 e. The molecule has 2 aliphatic heterocycles. The SMILES string of the molecule is CCCCCC/C=C\CCCCCCCCCC(=O)OCC(COP(=O)(O)OC1C(OC2OC(CO)C(O)C(O)C2O)C(O)C(O)C(OC(=O)CCCCCCCCCCCCCCC)C1OC1OC(COC(=O)CCCCCCCCCCCCCCCCC)C(O)C(O)C1O)OC(=O)CCCCCCCCC/C=C\CCCCCC. The van der Waals surface area contributed by atoms with Gasteiger partial charge in [0.25, 0.3) is 0 Å². The number of ether oxygens (including phenoxy) is 8. The summed E-state index contributed by atoms with van der Waals surface area (Å²) in [6, 6.07) is 0. The molecule has 0 bridgehead atoms. The van der Waals surface area contributed by atoms with Crippen LogP contribution in [0.1, 0.15) is 400 Å². The van der Waals surface area contributed by atoms with Crippen LogP contribution in [0.4, 0.5) is 0 Å². The first kappa shape index (κ1) is 108. The van der Waals surface area contributed by atoms with E-state index in [4.69, 9.17) is 46.9 Å². The third kappa shape index (κ3) is 50.5. The minimum Gasteiger partial charge on any atom is -0.463 e. The fraction of sp³-hybridized carbons (Fsp3) is 0.912. The number of phosphoric acid groups is 1. The number of hydrogen-bond acceptors (Lipinski definition) is 24. The molecular weight excluding hydrogens is 1520 g/mol. The lowest BCUT2D eigenvalue weighted by Crippen LogP contribution is -2.70. The number of carbonyl (C=O) groups is 4. The number of unbranched alkanes of at least 4 members (excludes halogenated alkanes) is 48. The zero-order chi connectivity index (χ0) is 85.4. The zero-order valence-electron chi connectivity index (χ0n) is 73.0. The molecule has 10 N–H and O–H groups in total. The summed E-state index contributed by atoms with van der Waals surface area (Å²) in [5.74, 6) is -2.97. The highest BCUT2D eigenvalue weighted by Crippen LogP contribution is 2.49. The maximum absolute atomic E-state index is 14.9. The Labute approximate surface area is 704 Å². The van der Waals surface area contributed by atoms with E-state index in [1.165, 1.54) is 148 Å². The molecule has 2 saturated heterocycles. The van der Waals surface area contributed by atoms with Gasteiger partial charge in [0.05, 0.1) is 13.2 Å². The second-order valence-corrected chi connectivity index (χ2v) is 34.9. The third-order valence-electron chi connectivity index (χ3n) is 22.9. The quantitative estimate of drug-likeness (QED) is 0.00889. The molecule has 1 saturated carbocycles. The van der Waals surface area contributed by atoms with Crippen LogP contribution in [0, 0.1) is 0 Å². The second-order valence-electron chi connectivity index (χ2n) is 33.5. The van der Waals surface area contributed by atoms with E-state index in [1.54, 1.807) is 0 Å². The van der Waals surface area contributed by atoms with Gasteiger partial charge in [-0.05, 0) is 77.0 Å². The lowest BCUT2D eigenvalue weighted by molar-refractivity contribution is -0.360. The molecule has 18 unspecified atom stereocenters. The molecule has 0 radical (unpaired) electrons. The molecule has 18 atom stereocenters. The summed E-state index contributed by atoms with van der Waals surface area (Å²) in [6.07, 6.45) is 30.2. The van der Waals surface area contributed by atoms with E-state index in [0.29, 0.717) is 38.5 Å². The van der Waals surface area contributed by atoms with Crippen LogP contribution in [-0.4, -0.2) is 205 Å². The van der Waals surface area contributed by atoms with Crippen molar-refractivity contribution in [3.8, 4) is 0 Å². The van der Waals surface area contributed by atoms with Gasteiger partial charge in [-0.25, -0.2) is 4.57 Å². The Balaban J connectivity index is 1.91. The summed E-state index contributed by atoms with van der Waals surface area (Å²) in [4.78, 5) is 66.4. The molecule has 686 valence electrons. The number of phosphoric ester groups is 1. The molecule has 25 nitrogen and oxygen atoms in total. The molecule has 3 rings (SSSR count). The summed E-state index contributed by atoms with van der Waals surface area (Å²) in [6.45, 7) is 5.57. The standard InChI is InChI=1S/C91H167O25P/c1-5-9-13-17-21-25-29-33-36-40-43-47-51-55-59-63-74(93)107-68-71(110-76(95)65-61-57-53-49-46-42-38-35-31-27-23-19-15-11-7-3)69-109-117(105,106)116-89-87(114-90-84(103)80(99)78(97)72(67-92)111-90)83(102)82(101)86(113-77(96)66-62-58-54-50-45-39-32-28-24-20-16-12-8-4)88(89)115-91-85(104)81(100)79(98)73(112-91)70-108-75(94)64-60-56-52-48-44-41-37-34-30-26-22-18-14-10-6-2/h25,27,29,31,71-73,78-92,97-104H,5-24,26,28,30,32-70H2,1-4H3,(H,105,106)/b29-25-,31-27-. The highest BCUT2D eigenvalue weighted by Gasteiger charge is 2.60. The molecule has 0 aromatic heterocycles. The number of aliphatic hydroxyl groups excluding tert-OH is 9. The van der Waals surface area contributed by atoms with Crippen molar-refractivity contribution in [2.24, 2.45) is 0 Å². The molecule has 26 heteroatoms. The van der Waals surface area contributed by atoms with Crippen LogP contribution in [0.3, 0.4) is 0 Å². The van der Waals surface area contributed by atoms with Crippen molar-refractivity contribution in [1.29, 1.82) is 0 Å². The van der Waals surface area contributed by atoms with E-state index in [1.807, 2.05) is 0 Å². The van der Waals surface area contributed by atoms with Crippen LogP contribution in [0.2, 0.25) is 0 Å². The number of aliphatic hydroxyl groups is 9. The van der Waals surface area contributed by atoms with Gasteiger partial charge in [0.2, 0.25) is 0 Å². The molecule has 0 amide bonds. The van der Waals surface area contributed by atoms with Gasteiger partial charge in [-0.2, -0.15) is 0 Å². The van der Waals surface area contributed by atoms with Crippen LogP contribution in [0.15, 0.2) is 24.3 Å². The average Bonchev–Trinajstić information content (AvgIpc) is 0.755. The van der Waals surface area contributed by atoms with Crippen molar-refractivity contribution in [3.05, 3.63) is 24.3 Å². The van der Waals surface area contributed by atoms with Gasteiger partial charge in [-0.15, -0.1) is 0 Å². The molecule has 0 aromatic rings. The fourth-order valence-electron chi connectivity index (χ4n) is 15.4. The lowest BCUT2D eigenvalue weighted by Gasteiger charge is -2.50. The zero-order valence-corrected chi connectivity index (χ0v) is 73.9. The van der Waals surface area contributed by atoms with Gasteiger partial charge in [-0.1, -0.05) is 322 Å². The van der Waals surface area contributed by atoms with Crippen LogP contribution >= 0.6 is 7.82 Å². The monoisotopic (exact) mass is 1690 g/mol. The van der Waals surface area contributed by atoms with Gasteiger partial charge < -0.3 is 88.7 Å². The summed E-state index contributed by atoms with van der Waals surface area (Å²) >= 11 is 0. The average molecular weight is 1690 g/mol. The Bertz CT molecular complexity index is 2530. The largest absolute Gasteiger partial charge is 0.472 e. The molecule has 117 heavy (non-hydrogen) atoms. The predicted molar refractivity (Wildman–Crippen MR) is 453 cm³/mol. The summed E-state index contributed by atoms with van der Waals surface area (Å²) in [5.41, 5.74) is 0. The van der Waals surface area contributed by atoms with E-state index in [9.17, 15) is 74.6 Å². The Morgan fingerprint density at radius 1 is 0.333 bits per heavy atom. The molecular formula is C91H167O25P. The Morgan fingerprint density at radius 2 is 0.641 bits per heavy atom. The van der Waals surface area contributed by atoms with Gasteiger partial charge in [0, 0.05) is 25.7 Å². The van der Waals surface area contributed by atoms with Crippen molar-refractivity contribution in [2.75, 3.05) is 26.4 Å². The molecule has 3 fully saturated rings. The number of carbonyl (C=O) groups excluding carboxylic acids is 4. The Hall–Kier alpha value is -3.05. The van der Waals surface area contributed by atoms with Gasteiger partial charge in [0.1, 0.15) is 92.6 Å². The van der Waals surface area contributed by atoms with Crippen molar-refractivity contribution >= 4 is 31.7 Å². The molecule has 3 aliphatic rings. The van der Waals surface area contributed by atoms with Crippen LogP contribution in [-0.2, 0) is 70.7 Å². The molecule has 0 spiro atoms. The van der Waals surface area contributed by atoms with E-state index in [2.05, 4.69) is 52.0 Å². The van der Waals surface area contributed by atoms with Crippen LogP contribution in [0.25, 0.3) is 0 Å². The smallest absolute Gasteiger partial charge is 0.463 e. The molecule has 1 aliphatic carbocycles. The van der Waals surface area contributed by atoms with E-state index < -0.39 is 162 Å². The first-order valence-corrected chi connectivity index (χ1v) is 48.6. The van der Waals surface area contributed by atoms with Crippen molar-refractivity contribution in [3.63, 3.8) is 0 Å². The number of rotatable bonds is 76. The third-order valence-corrected chi connectivity index (χ3v) is 23.9. The van der Waals surface area contributed by atoms with E-state index in [0.717, 1.165) is 161 Å². The number of allylic oxidation sites excluding steroid dienone is 4. The summed E-state index contributed by atoms with van der Waals surface area (Å²) < 4.78 is 73.4. The summed E-state index contributed by atoms with van der Waals surface area (Å²) in [7, 11) is -5.81. The number of esters is 4. The minimum absolute atomic E-state index is 0.0177.